The molecule has 0 radical (unpaired) electrons. The van der Waals surface area contributed by atoms with Crippen LogP contribution in [0, 0.1) is 0 Å². The third-order valence-electron chi connectivity index (χ3n) is 2.86. The highest BCUT2D eigenvalue weighted by Crippen LogP contribution is 2.32. The second-order valence-corrected chi connectivity index (χ2v) is 4.51. The van der Waals surface area contributed by atoms with E-state index in [4.69, 9.17) is 4.42 Å². The lowest BCUT2D eigenvalue weighted by Gasteiger charge is -2.13. The van der Waals surface area contributed by atoms with Crippen LogP contribution in [0.2, 0.25) is 0 Å². The average molecular weight is 301 g/mol. The molecule has 2 rings (SSSR count). The molecule has 0 saturated carbocycles. The van der Waals surface area contributed by atoms with E-state index in [0.29, 0.717) is 5.69 Å². The zero-order valence-corrected chi connectivity index (χ0v) is 11.0. The molecule has 8 heteroatoms. The Kier molecular flexibility index (Phi) is 3.40. The van der Waals surface area contributed by atoms with Crippen LogP contribution >= 0.6 is 0 Å². The van der Waals surface area contributed by atoms with Gasteiger partial charge in [0.1, 0.15) is 11.3 Å². The molecule has 0 amide bonds. The number of anilines is 1. The number of carbonyl (C=O) groups excluding carboxylic acids is 1. The highest BCUT2D eigenvalue weighted by molar-refractivity contribution is 6.05. The fraction of sp³-hybridized carbons (Fsp3) is 0.231. The minimum Gasteiger partial charge on any atom is -0.506 e. The number of ketones is 1. The molecule has 1 heterocycles. The zero-order chi connectivity index (χ0) is 15.9. The number of benzene rings is 1. The molecule has 0 spiro atoms. The fourth-order valence-electron chi connectivity index (χ4n) is 1.79. The number of carbonyl (C=O) groups is 1. The van der Waals surface area contributed by atoms with Crippen LogP contribution in [0.1, 0.15) is 10.4 Å². The van der Waals surface area contributed by atoms with Gasteiger partial charge in [-0.25, -0.2) is 4.79 Å². The van der Waals surface area contributed by atoms with Gasteiger partial charge >= 0.3 is 11.8 Å². The summed E-state index contributed by atoms with van der Waals surface area (Å²) in [6, 6.07) is 4.15. The van der Waals surface area contributed by atoms with Gasteiger partial charge in [-0.15, -0.1) is 0 Å². The molecule has 0 aliphatic carbocycles. The quantitative estimate of drug-likeness (QED) is 0.681. The van der Waals surface area contributed by atoms with Crippen molar-refractivity contribution < 1.29 is 27.5 Å². The minimum atomic E-state index is -5.27. The molecule has 1 aromatic heterocycles. The number of rotatable bonds is 2. The number of hydrogen-bond donors (Lipinski definition) is 1. The first-order valence-electron chi connectivity index (χ1n) is 5.71. The summed E-state index contributed by atoms with van der Waals surface area (Å²) in [5.74, 6) is -3.47. The van der Waals surface area contributed by atoms with E-state index >= 15 is 0 Å². The van der Waals surface area contributed by atoms with E-state index < -0.39 is 28.9 Å². The van der Waals surface area contributed by atoms with Crippen LogP contribution < -0.4 is 10.5 Å². The Morgan fingerprint density at radius 1 is 1.29 bits per heavy atom. The van der Waals surface area contributed by atoms with Crippen LogP contribution in [-0.4, -0.2) is 31.2 Å². The first-order valence-corrected chi connectivity index (χ1v) is 5.71. The van der Waals surface area contributed by atoms with Crippen molar-refractivity contribution in [2.24, 2.45) is 0 Å². The molecule has 1 aromatic carbocycles. The van der Waals surface area contributed by atoms with Crippen LogP contribution in [0.25, 0.3) is 11.0 Å². The summed E-state index contributed by atoms with van der Waals surface area (Å²) in [5, 5.41) is 9.65. The number of nitrogens with zero attached hydrogens (tertiary/aromatic N) is 1. The Hall–Kier alpha value is -2.51. The molecule has 0 fully saturated rings. The normalized spacial score (nSPS) is 11.7. The maximum Gasteiger partial charge on any atom is 0.455 e. The number of hydrogen-bond acceptors (Lipinski definition) is 5. The van der Waals surface area contributed by atoms with Crippen molar-refractivity contribution in [3.05, 3.63) is 34.2 Å². The number of aromatic hydroxyl groups is 1. The van der Waals surface area contributed by atoms with Crippen LogP contribution in [-0.2, 0) is 0 Å². The van der Waals surface area contributed by atoms with E-state index in [0.717, 1.165) is 0 Å². The first kappa shape index (κ1) is 14.9. The van der Waals surface area contributed by atoms with Crippen molar-refractivity contribution in [2.75, 3.05) is 19.0 Å². The predicted molar refractivity (Wildman–Crippen MR) is 68.9 cm³/mol. The Morgan fingerprint density at radius 3 is 2.43 bits per heavy atom. The lowest BCUT2D eigenvalue weighted by atomic mass is 10.1. The van der Waals surface area contributed by atoms with Crippen LogP contribution in [0.3, 0.4) is 0 Å². The van der Waals surface area contributed by atoms with Crippen molar-refractivity contribution in [1.29, 1.82) is 0 Å². The van der Waals surface area contributed by atoms with E-state index in [2.05, 4.69) is 0 Å². The highest BCUT2D eigenvalue weighted by atomic mass is 19.4. The third kappa shape index (κ3) is 2.56. The summed E-state index contributed by atoms with van der Waals surface area (Å²) in [7, 11) is 3.42. The third-order valence-corrected chi connectivity index (χ3v) is 2.86. The molecular formula is C13H10F3NO4. The molecule has 0 saturated heterocycles. The first-order chi connectivity index (χ1) is 9.62. The van der Waals surface area contributed by atoms with Gasteiger partial charge in [-0.1, -0.05) is 0 Å². The van der Waals surface area contributed by atoms with E-state index in [1.807, 2.05) is 0 Å². The zero-order valence-electron chi connectivity index (χ0n) is 11.0. The summed E-state index contributed by atoms with van der Waals surface area (Å²) < 4.78 is 42.0. The van der Waals surface area contributed by atoms with E-state index in [-0.39, 0.29) is 11.0 Å². The maximum atomic E-state index is 12.4. The second kappa shape index (κ2) is 4.80. The highest BCUT2D eigenvalue weighted by Gasteiger charge is 2.43. The van der Waals surface area contributed by atoms with Gasteiger partial charge in [-0.2, -0.15) is 13.2 Å². The summed E-state index contributed by atoms with van der Waals surface area (Å²) in [6.07, 6.45) is -5.27. The standard InChI is InChI=1S/C13H10F3NO4/c1-17(2)6-3-4-7-8(5-6)21-12(20)9(10(7)18)11(19)13(14,15)16/h3-5,18H,1-2H3. The number of alkyl halides is 3. The molecule has 21 heavy (non-hydrogen) atoms. The van der Waals surface area contributed by atoms with Gasteiger partial charge in [-0.3, -0.25) is 4.79 Å². The SMILES string of the molecule is CN(C)c1ccc2c(O)c(C(=O)C(F)(F)F)c(=O)oc2c1. The summed E-state index contributed by atoms with van der Waals surface area (Å²) in [6.45, 7) is 0. The van der Waals surface area contributed by atoms with Crippen molar-refractivity contribution in [2.45, 2.75) is 6.18 Å². The van der Waals surface area contributed by atoms with Crippen molar-refractivity contribution in [3.63, 3.8) is 0 Å². The van der Waals surface area contributed by atoms with Crippen LogP contribution in [0.15, 0.2) is 27.4 Å². The van der Waals surface area contributed by atoms with E-state index in [1.54, 1.807) is 19.0 Å². The van der Waals surface area contributed by atoms with Crippen LogP contribution in [0.5, 0.6) is 5.75 Å². The second-order valence-electron chi connectivity index (χ2n) is 4.51. The molecule has 0 unspecified atom stereocenters. The largest absolute Gasteiger partial charge is 0.506 e. The van der Waals surface area contributed by atoms with Gasteiger partial charge in [0, 0.05) is 25.8 Å². The van der Waals surface area contributed by atoms with E-state index in [9.17, 15) is 27.9 Å². The Bertz CT molecular complexity index is 777. The summed E-state index contributed by atoms with van der Waals surface area (Å²) in [4.78, 5) is 24.4. The smallest absolute Gasteiger partial charge is 0.455 e. The van der Waals surface area contributed by atoms with Crippen molar-refractivity contribution in [3.8, 4) is 5.75 Å². The van der Waals surface area contributed by atoms with Gasteiger partial charge in [-0.05, 0) is 12.1 Å². The monoisotopic (exact) mass is 301 g/mol. The Labute approximate surface area is 116 Å². The number of fused-ring (bicyclic) bond motifs is 1. The molecule has 0 aliphatic heterocycles. The molecule has 2 aromatic rings. The van der Waals surface area contributed by atoms with Gasteiger partial charge in [0.25, 0.3) is 5.78 Å². The molecule has 5 nitrogen and oxygen atoms in total. The Balaban J connectivity index is 2.75. The Morgan fingerprint density at radius 2 is 1.90 bits per heavy atom. The predicted octanol–water partition coefficient (Wildman–Crippen LogP) is 2.31. The van der Waals surface area contributed by atoms with Crippen molar-refractivity contribution in [1.82, 2.24) is 0 Å². The topological polar surface area (TPSA) is 70.8 Å². The van der Waals surface area contributed by atoms with Gasteiger partial charge in [0.05, 0.1) is 5.39 Å². The molecule has 0 aliphatic rings. The minimum absolute atomic E-state index is 0.109. The maximum absolute atomic E-state index is 12.4. The molecular weight excluding hydrogens is 291 g/mol. The lowest BCUT2D eigenvalue weighted by molar-refractivity contribution is -0.0888. The average Bonchev–Trinajstić information content (AvgIpc) is 2.36. The van der Waals surface area contributed by atoms with Gasteiger partial charge < -0.3 is 14.4 Å². The van der Waals surface area contributed by atoms with Crippen LogP contribution in [0.4, 0.5) is 18.9 Å². The number of Topliss-reactive ketones (excluding diaryl/α,β-unsaturated/α-hetero) is 1. The summed E-state index contributed by atoms with van der Waals surface area (Å²) in [5.41, 5.74) is -2.44. The summed E-state index contributed by atoms with van der Waals surface area (Å²) >= 11 is 0. The van der Waals surface area contributed by atoms with Gasteiger partial charge in [0.2, 0.25) is 0 Å². The molecule has 1 N–H and O–H groups in total. The molecule has 0 atom stereocenters. The number of halogens is 3. The molecule has 0 bridgehead atoms. The molecule has 112 valence electrons. The van der Waals surface area contributed by atoms with E-state index in [1.165, 1.54) is 18.2 Å². The van der Waals surface area contributed by atoms with Crippen molar-refractivity contribution >= 4 is 22.4 Å². The lowest BCUT2D eigenvalue weighted by Crippen LogP contribution is -2.28. The van der Waals surface area contributed by atoms with Gasteiger partial charge in [0.15, 0.2) is 5.56 Å². The fourth-order valence-corrected chi connectivity index (χ4v) is 1.79.